The molecular weight excluding hydrogens is 499 g/mol. The molecule has 37 heavy (non-hydrogen) atoms. The van der Waals surface area contributed by atoms with Crippen LogP contribution in [0.3, 0.4) is 0 Å². The molecule has 1 aliphatic rings. The highest BCUT2D eigenvalue weighted by Gasteiger charge is 2.33. The minimum atomic E-state index is -0.579. The average molecular weight is 529 g/mol. The Kier molecular flexibility index (Phi) is 7.77. The van der Waals surface area contributed by atoms with Crippen LogP contribution < -0.4 is 9.64 Å². The lowest BCUT2D eigenvalue weighted by atomic mass is 10.1. The van der Waals surface area contributed by atoms with Crippen LogP contribution in [0.1, 0.15) is 39.8 Å². The van der Waals surface area contributed by atoms with Gasteiger partial charge in [-0.3, -0.25) is 0 Å². The molecule has 4 rings (SSSR count). The first-order valence-corrected chi connectivity index (χ1v) is 12.5. The fourth-order valence-electron chi connectivity index (χ4n) is 4.08. The van der Waals surface area contributed by atoms with Crippen LogP contribution in [0.15, 0.2) is 36.7 Å². The number of hydrogen-bond donors (Lipinski definition) is 0. The van der Waals surface area contributed by atoms with Crippen molar-refractivity contribution in [3.63, 3.8) is 0 Å². The predicted octanol–water partition coefficient (Wildman–Crippen LogP) is 5.66. The Bertz CT molecular complexity index is 1290. The highest BCUT2D eigenvalue weighted by molar-refractivity contribution is 6.28. The first-order valence-electron chi connectivity index (χ1n) is 12.1. The third-order valence-electron chi connectivity index (χ3n) is 5.84. The lowest BCUT2D eigenvalue weighted by molar-refractivity contribution is 0.0136. The van der Waals surface area contributed by atoms with Gasteiger partial charge in [0.15, 0.2) is 11.6 Å². The summed E-state index contributed by atoms with van der Waals surface area (Å²) in [5.74, 6) is -0.00938. The lowest BCUT2D eigenvalue weighted by Gasteiger charge is -2.42. The molecule has 2 aromatic heterocycles. The molecule has 3 aromatic rings. The van der Waals surface area contributed by atoms with Crippen molar-refractivity contribution in [1.82, 2.24) is 24.8 Å². The van der Waals surface area contributed by atoms with Gasteiger partial charge in [0.2, 0.25) is 5.28 Å². The molecule has 1 atom stereocenters. The number of aromatic nitrogens is 4. The molecule has 0 spiro atoms. The predicted molar refractivity (Wildman–Crippen MR) is 139 cm³/mol. The number of carbonyl (C=O) groups excluding carboxylic acids is 1. The number of halogens is 2. The monoisotopic (exact) mass is 528 g/mol. The van der Waals surface area contributed by atoms with Crippen LogP contribution in [-0.4, -0.2) is 62.2 Å². The van der Waals surface area contributed by atoms with E-state index in [4.69, 9.17) is 21.1 Å². The van der Waals surface area contributed by atoms with Gasteiger partial charge in [0.05, 0.1) is 6.04 Å². The quantitative estimate of drug-likeness (QED) is 0.391. The summed E-state index contributed by atoms with van der Waals surface area (Å²) in [5, 5.41) is 0.0818. The maximum atomic E-state index is 15.0. The van der Waals surface area contributed by atoms with Gasteiger partial charge in [-0.05, 0) is 69.5 Å². The summed E-state index contributed by atoms with van der Waals surface area (Å²) in [6.45, 7) is 10.8. The molecular formula is C26H30ClFN6O3. The third kappa shape index (κ3) is 6.43. The standard InChI is InChI=1S/C26H30ClFN6O3/c1-6-18-15-33(11-12-34(18)25(35)37-26(3,4)5)22-19(14-30-23(27)32-22)17-7-8-21(20(28)13-17)36-24-29-10-9-16(2)31-24/h7-10,13-14,18H,6,11-12,15H2,1-5H3. The molecule has 196 valence electrons. The van der Waals surface area contributed by atoms with Gasteiger partial charge in [-0.1, -0.05) is 13.0 Å². The van der Waals surface area contributed by atoms with Gasteiger partial charge in [0.1, 0.15) is 11.4 Å². The fourth-order valence-corrected chi connectivity index (χ4v) is 4.21. The fraction of sp³-hybridized carbons (Fsp3) is 0.423. The highest BCUT2D eigenvalue weighted by atomic mass is 35.5. The molecule has 1 aliphatic heterocycles. The Morgan fingerprint density at radius 2 is 1.97 bits per heavy atom. The number of rotatable bonds is 5. The zero-order valence-corrected chi connectivity index (χ0v) is 22.3. The third-order valence-corrected chi connectivity index (χ3v) is 6.02. The maximum Gasteiger partial charge on any atom is 0.410 e. The van der Waals surface area contributed by atoms with E-state index in [2.05, 4.69) is 19.9 Å². The number of carbonyl (C=O) groups is 1. The minimum absolute atomic E-state index is 0.00260. The number of benzene rings is 1. The van der Waals surface area contributed by atoms with Gasteiger partial charge in [0.25, 0.3) is 0 Å². The van der Waals surface area contributed by atoms with Crippen LogP contribution in [0, 0.1) is 12.7 Å². The molecule has 0 aliphatic carbocycles. The van der Waals surface area contributed by atoms with Crippen molar-refractivity contribution in [2.45, 2.75) is 52.7 Å². The van der Waals surface area contributed by atoms with E-state index >= 15 is 4.39 Å². The Labute approximate surface area is 220 Å². The SMILES string of the molecule is CCC1CN(c2nc(Cl)ncc2-c2ccc(Oc3nccc(C)n3)c(F)c2)CCN1C(=O)OC(C)(C)C. The highest BCUT2D eigenvalue weighted by Crippen LogP contribution is 2.34. The molecule has 0 bridgehead atoms. The summed E-state index contributed by atoms with van der Waals surface area (Å²) in [6, 6.07) is 6.30. The second kappa shape index (κ2) is 10.8. The van der Waals surface area contributed by atoms with Crippen LogP contribution >= 0.6 is 11.6 Å². The van der Waals surface area contributed by atoms with Crippen molar-refractivity contribution < 1.29 is 18.7 Å². The van der Waals surface area contributed by atoms with E-state index < -0.39 is 11.4 Å². The molecule has 1 fully saturated rings. The zero-order valence-electron chi connectivity index (χ0n) is 21.5. The molecule has 11 heteroatoms. The van der Waals surface area contributed by atoms with Gasteiger partial charge >= 0.3 is 12.1 Å². The van der Waals surface area contributed by atoms with E-state index in [9.17, 15) is 4.79 Å². The van der Waals surface area contributed by atoms with Crippen LogP contribution in [0.4, 0.5) is 15.0 Å². The first-order chi connectivity index (χ1) is 17.5. The lowest BCUT2D eigenvalue weighted by Crippen LogP contribution is -2.56. The molecule has 9 nitrogen and oxygen atoms in total. The summed E-state index contributed by atoms with van der Waals surface area (Å²) in [4.78, 5) is 33.3. The summed E-state index contributed by atoms with van der Waals surface area (Å²) < 4.78 is 26.2. The number of piperazine rings is 1. The van der Waals surface area contributed by atoms with Crippen molar-refractivity contribution in [1.29, 1.82) is 0 Å². The number of nitrogens with zero attached hydrogens (tertiary/aromatic N) is 6. The van der Waals surface area contributed by atoms with Gasteiger partial charge < -0.3 is 19.3 Å². The normalized spacial score (nSPS) is 16.0. The molecule has 1 unspecified atom stereocenters. The Morgan fingerprint density at radius 1 is 1.19 bits per heavy atom. The molecule has 1 amide bonds. The summed E-state index contributed by atoms with van der Waals surface area (Å²) in [7, 11) is 0. The number of aryl methyl sites for hydroxylation is 1. The second-order valence-corrected chi connectivity index (χ2v) is 10.1. The van der Waals surface area contributed by atoms with E-state index in [1.165, 1.54) is 12.1 Å². The summed E-state index contributed by atoms with van der Waals surface area (Å²) >= 11 is 6.16. The van der Waals surface area contributed by atoms with Crippen LogP contribution in [0.25, 0.3) is 11.1 Å². The van der Waals surface area contributed by atoms with Gasteiger partial charge in [0, 0.05) is 43.3 Å². The molecule has 3 heterocycles. The summed E-state index contributed by atoms with van der Waals surface area (Å²) in [6.07, 6.45) is 3.51. The van der Waals surface area contributed by atoms with Crippen molar-refractivity contribution in [3.8, 4) is 22.9 Å². The Hall–Kier alpha value is -3.53. The first kappa shape index (κ1) is 26.5. The minimum Gasteiger partial charge on any atom is -0.444 e. The zero-order chi connectivity index (χ0) is 26.7. The van der Waals surface area contributed by atoms with E-state index in [1.807, 2.05) is 32.6 Å². The smallest absolute Gasteiger partial charge is 0.410 e. The summed E-state index contributed by atoms with van der Waals surface area (Å²) in [5.41, 5.74) is 1.30. The van der Waals surface area contributed by atoms with Crippen molar-refractivity contribution in [2.24, 2.45) is 0 Å². The van der Waals surface area contributed by atoms with Gasteiger partial charge in [-0.2, -0.15) is 4.98 Å². The topological polar surface area (TPSA) is 93.6 Å². The van der Waals surface area contributed by atoms with E-state index in [0.717, 1.165) is 6.42 Å². The van der Waals surface area contributed by atoms with Crippen molar-refractivity contribution in [2.75, 3.05) is 24.5 Å². The van der Waals surface area contributed by atoms with Gasteiger partial charge in [-0.25, -0.2) is 24.1 Å². The second-order valence-electron chi connectivity index (χ2n) is 9.79. The molecule has 1 saturated heterocycles. The Morgan fingerprint density at radius 3 is 2.65 bits per heavy atom. The number of amides is 1. The molecule has 0 N–H and O–H groups in total. The molecule has 1 aromatic carbocycles. The van der Waals surface area contributed by atoms with Crippen LogP contribution in [0.2, 0.25) is 5.28 Å². The number of ether oxygens (including phenoxy) is 2. The molecule has 0 radical (unpaired) electrons. The average Bonchev–Trinajstić information content (AvgIpc) is 2.84. The van der Waals surface area contributed by atoms with Crippen LogP contribution in [-0.2, 0) is 4.74 Å². The number of anilines is 1. The van der Waals surface area contributed by atoms with Gasteiger partial charge in [-0.15, -0.1) is 0 Å². The number of hydrogen-bond acceptors (Lipinski definition) is 8. The maximum absolute atomic E-state index is 15.0. The van der Waals surface area contributed by atoms with E-state index in [0.29, 0.717) is 42.3 Å². The van der Waals surface area contributed by atoms with Crippen LogP contribution in [0.5, 0.6) is 11.8 Å². The van der Waals surface area contributed by atoms with E-state index in [-0.39, 0.29) is 29.2 Å². The van der Waals surface area contributed by atoms with E-state index in [1.54, 1.807) is 36.4 Å². The Balaban J connectivity index is 1.58. The largest absolute Gasteiger partial charge is 0.444 e. The van der Waals surface area contributed by atoms with Crippen molar-refractivity contribution >= 4 is 23.5 Å². The molecule has 0 saturated carbocycles. The van der Waals surface area contributed by atoms with Crippen molar-refractivity contribution in [3.05, 3.63) is 53.5 Å².